The van der Waals surface area contributed by atoms with E-state index >= 15 is 0 Å². The zero-order valence-corrected chi connectivity index (χ0v) is 15.0. The van der Waals surface area contributed by atoms with Gasteiger partial charge in [0.2, 0.25) is 0 Å². The lowest BCUT2D eigenvalue weighted by molar-refractivity contribution is -0.148. The van der Waals surface area contributed by atoms with Crippen LogP contribution in [0.3, 0.4) is 0 Å². The van der Waals surface area contributed by atoms with Crippen LogP contribution in [0.4, 0.5) is 5.82 Å². The van der Waals surface area contributed by atoms with Crippen LogP contribution in [-0.2, 0) is 9.53 Å². The molecule has 1 N–H and O–H groups in total. The van der Waals surface area contributed by atoms with Crippen LogP contribution in [0.5, 0.6) is 5.75 Å². The quantitative estimate of drug-likeness (QED) is 0.726. The number of hydrogen-bond donors (Lipinski definition) is 1. The average molecular weight is 354 g/mol. The van der Waals surface area contributed by atoms with E-state index in [4.69, 9.17) is 9.47 Å². The van der Waals surface area contributed by atoms with E-state index in [1.165, 1.54) is 0 Å². The minimum absolute atomic E-state index is 0.118. The van der Waals surface area contributed by atoms with E-state index in [0.717, 1.165) is 52.9 Å². The summed E-state index contributed by atoms with van der Waals surface area (Å²) in [5, 5.41) is 0.951. The van der Waals surface area contributed by atoms with Crippen molar-refractivity contribution in [2.45, 2.75) is 19.8 Å². The predicted octanol–water partition coefficient (Wildman–Crippen LogP) is 2.90. The molecule has 26 heavy (non-hydrogen) atoms. The first kappa shape index (κ1) is 16.6. The summed E-state index contributed by atoms with van der Waals surface area (Å²) in [5.41, 5.74) is 2.66. The van der Waals surface area contributed by atoms with E-state index in [1.807, 2.05) is 25.1 Å². The van der Waals surface area contributed by atoms with E-state index in [0.29, 0.717) is 13.2 Å². The zero-order valence-electron chi connectivity index (χ0n) is 15.0. The molecular formula is C19H22N4O3. The van der Waals surface area contributed by atoms with Crippen molar-refractivity contribution in [2.75, 3.05) is 31.7 Å². The number of H-pyrrole nitrogens is 1. The van der Waals surface area contributed by atoms with Crippen LogP contribution in [0, 0.1) is 5.92 Å². The summed E-state index contributed by atoms with van der Waals surface area (Å²) in [6.45, 7) is 3.71. The molecular weight excluding hydrogens is 332 g/mol. The average Bonchev–Trinajstić information content (AvgIpc) is 3.07. The van der Waals surface area contributed by atoms with Crippen LogP contribution < -0.4 is 9.64 Å². The fourth-order valence-corrected chi connectivity index (χ4v) is 3.73. The maximum atomic E-state index is 12.2. The SMILES string of the molecule is CCOC(=O)[C@H]1CCCN(c2ncnc3c2[nH]c2cccc(OC)c23)C1. The van der Waals surface area contributed by atoms with E-state index < -0.39 is 0 Å². The number of hydrogen-bond acceptors (Lipinski definition) is 6. The van der Waals surface area contributed by atoms with Crippen molar-refractivity contribution in [2.24, 2.45) is 5.92 Å². The van der Waals surface area contributed by atoms with Gasteiger partial charge in [0, 0.05) is 13.1 Å². The monoisotopic (exact) mass is 354 g/mol. The molecule has 7 heteroatoms. The smallest absolute Gasteiger partial charge is 0.310 e. The molecule has 1 saturated heterocycles. The summed E-state index contributed by atoms with van der Waals surface area (Å²) >= 11 is 0. The lowest BCUT2D eigenvalue weighted by atomic mass is 9.98. The third-order valence-corrected chi connectivity index (χ3v) is 4.91. The first-order chi connectivity index (χ1) is 12.7. The molecule has 1 aliphatic heterocycles. The third kappa shape index (κ3) is 2.73. The fraction of sp³-hybridized carbons (Fsp3) is 0.421. The molecule has 1 fully saturated rings. The number of piperidine rings is 1. The van der Waals surface area contributed by atoms with Gasteiger partial charge >= 0.3 is 5.97 Å². The number of benzene rings is 1. The van der Waals surface area contributed by atoms with Gasteiger partial charge in [-0.1, -0.05) is 6.07 Å². The Hall–Kier alpha value is -2.83. The van der Waals surface area contributed by atoms with Crippen molar-refractivity contribution in [3.63, 3.8) is 0 Å². The maximum absolute atomic E-state index is 12.2. The summed E-state index contributed by atoms with van der Waals surface area (Å²) in [5.74, 6) is 1.36. The molecule has 1 aromatic carbocycles. The number of rotatable bonds is 4. The highest BCUT2D eigenvalue weighted by Gasteiger charge is 2.29. The molecule has 0 saturated carbocycles. The zero-order chi connectivity index (χ0) is 18.1. The minimum Gasteiger partial charge on any atom is -0.496 e. The van der Waals surface area contributed by atoms with Crippen molar-refractivity contribution >= 4 is 33.7 Å². The molecule has 136 valence electrons. The molecule has 7 nitrogen and oxygen atoms in total. The summed E-state index contributed by atoms with van der Waals surface area (Å²) in [6, 6.07) is 5.87. The van der Waals surface area contributed by atoms with Gasteiger partial charge < -0.3 is 19.4 Å². The molecule has 0 aliphatic carbocycles. The highest BCUT2D eigenvalue weighted by Crippen LogP contribution is 2.35. The van der Waals surface area contributed by atoms with Gasteiger partial charge in [-0.15, -0.1) is 0 Å². The first-order valence-electron chi connectivity index (χ1n) is 8.94. The number of nitrogens with zero attached hydrogens (tertiary/aromatic N) is 3. The van der Waals surface area contributed by atoms with Gasteiger partial charge in [-0.2, -0.15) is 0 Å². The molecule has 0 radical (unpaired) electrons. The molecule has 0 bridgehead atoms. The van der Waals surface area contributed by atoms with Crippen molar-refractivity contribution < 1.29 is 14.3 Å². The van der Waals surface area contributed by atoms with Gasteiger partial charge in [0.25, 0.3) is 0 Å². The second-order valence-electron chi connectivity index (χ2n) is 6.47. The Bertz CT molecular complexity index is 953. The number of ether oxygens (including phenoxy) is 2. The molecule has 2 aromatic heterocycles. The van der Waals surface area contributed by atoms with Crippen molar-refractivity contribution in [1.82, 2.24) is 15.0 Å². The maximum Gasteiger partial charge on any atom is 0.310 e. The number of carbonyl (C=O) groups is 1. The number of nitrogens with one attached hydrogen (secondary N) is 1. The van der Waals surface area contributed by atoms with Crippen LogP contribution in [0.1, 0.15) is 19.8 Å². The van der Waals surface area contributed by atoms with Crippen molar-refractivity contribution in [3.8, 4) is 5.75 Å². The number of fused-ring (bicyclic) bond motifs is 3. The number of carbonyl (C=O) groups excluding carboxylic acids is 1. The fourth-order valence-electron chi connectivity index (χ4n) is 3.73. The highest BCUT2D eigenvalue weighted by atomic mass is 16.5. The van der Waals surface area contributed by atoms with Gasteiger partial charge in [-0.25, -0.2) is 9.97 Å². The number of aromatic nitrogens is 3. The van der Waals surface area contributed by atoms with Gasteiger partial charge in [0.05, 0.1) is 30.5 Å². The lowest BCUT2D eigenvalue weighted by Crippen LogP contribution is -2.40. The molecule has 4 rings (SSSR count). The van der Waals surface area contributed by atoms with Crippen molar-refractivity contribution in [3.05, 3.63) is 24.5 Å². The van der Waals surface area contributed by atoms with E-state index in [2.05, 4.69) is 19.9 Å². The Balaban J connectivity index is 1.76. The molecule has 1 aliphatic rings. The topological polar surface area (TPSA) is 80.3 Å². The van der Waals surface area contributed by atoms with Gasteiger partial charge in [0.15, 0.2) is 5.82 Å². The number of esters is 1. The molecule has 0 amide bonds. The molecule has 1 atom stereocenters. The molecule has 3 heterocycles. The Morgan fingerprint density at radius 3 is 3.08 bits per heavy atom. The van der Waals surface area contributed by atoms with Gasteiger partial charge in [-0.3, -0.25) is 4.79 Å². The first-order valence-corrected chi connectivity index (χ1v) is 8.94. The summed E-state index contributed by atoms with van der Waals surface area (Å²) in [7, 11) is 1.66. The molecule has 0 unspecified atom stereocenters. The number of anilines is 1. The van der Waals surface area contributed by atoms with Crippen LogP contribution in [-0.4, -0.2) is 47.7 Å². The number of methoxy groups -OCH3 is 1. The van der Waals surface area contributed by atoms with E-state index in [-0.39, 0.29) is 11.9 Å². The second-order valence-corrected chi connectivity index (χ2v) is 6.47. The molecule has 0 spiro atoms. The Morgan fingerprint density at radius 2 is 2.27 bits per heavy atom. The van der Waals surface area contributed by atoms with Crippen LogP contribution in [0.15, 0.2) is 24.5 Å². The highest BCUT2D eigenvalue weighted by molar-refractivity contribution is 6.11. The van der Waals surface area contributed by atoms with E-state index in [1.54, 1.807) is 13.4 Å². The summed E-state index contributed by atoms with van der Waals surface area (Å²) in [4.78, 5) is 26.7. The predicted molar refractivity (Wildman–Crippen MR) is 99.5 cm³/mol. The summed E-state index contributed by atoms with van der Waals surface area (Å²) in [6.07, 6.45) is 3.36. The normalized spacial score (nSPS) is 17.6. The van der Waals surface area contributed by atoms with Gasteiger partial charge in [0.1, 0.15) is 23.1 Å². The van der Waals surface area contributed by atoms with Gasteiger partial charge in [-0.05, 0) is 31.9 Å². The molecule has 3 aromatic rings. The Morgan fingerprint density at radius 1 is 1.38 bits per heavy atom. The Kier molecular flexibility index (Phi) is 4.36. The third-order valence-electron chi connectivity index (χ3n) is 4.91. The van der Waals surface area contributed by atoms with Crippen LogP contribution in [0.2, 0.25) is 0 Å². The van der Waals surface area contributed by atoms with E-state index in [9.17, 15) is 4.79 Å². The summed E-state index contributed by atoms with van der Waals surface area (Å²) < 4.78 is 10.7. The van der Waals surface area contributed by atoms with Crippen LogP contribution in [0.25, 0.3) is 21.9 Å². The largest absolute Gasteiger partial charge is 0.496 e. The van der Waals surface area contributed by atoms with Crippen molar-refractivity contribution in [1.29, 1.82) is 0 Å². The second kappa shape index (κ2) is 6.82. The Labute approximate surface area is 151 Å². The lowest BCUT2D eigenvalue weighted by Gasteiger charge is -2.32. The standard InChI is InChI=1S/C19H22N4O3/c1-3-26-19(24)12-6-5-9-23(10-12)18-17-16(20-11-21-18)15-13(22-17)7-4-8-14(15)25-2/h4,7-8,11-12,22H,3,5-6,9-10H2,1-2H3/t12-/m0/s1. The minimum atomic E-state index is -0.124. The van der Waals surface area contributed by atoms with Crippen LogP contribution >= 0.6 is 0 Å². The number of aromatic amines is 1.